The van der Waals surface area contributed by atoms with Crippen molar-refractivity contribution in [2.75, 3.05) is 18.4 Å². The summed E-state index contributed by atoms with van der Waals surface area (Å²) in [5.74, 6) is -1.75. The third kappa shape index (κ3) is 4.77. The number of carboxylic acid groups (broad SMARTS) is 1. The van der Waals surface area contributed by atoms with Gasteiger partial charge in [-0.25, -0.2) is 8.42 Å². The van der Waals surface area contributed by atoms with E-state index in [4.69, 9.17) is 0 Å². The van der Waals surface area contributed by atoms with E-state index in [-0.39, 0.29) is 17.7 Å². The molecule has 7 nitrogen and oxygen atoms in total. The Kier molecular flexibility index (Phi) is 5.73. The molecule has 8 heteroatoms. The molecule has 1 amide bonds. The Morgan fingerprint density at radius 2 is 1.65 bits per heavy atom. The maximum absolute atomic E-state index is 12.5. The van der Waals surface area contributed by atoms with Crippen molar-refractivity contribution in [1.82, 2.24) is 4.31 Å². The topological polar surface area (TPSA) is 107 Å². The maximum atomic E-state index is 12.5. The molecule has 1 N–H and O–H groups in total. The van der Waals surface area contributed by atoms with E-state index in [0.717, 1.165) is 19.3 Å². The molecule has 1 saturated heterocycles. The van der Waals surface area contributed by atoms with Gasteiger partial charge in [-0.3, -0.25) is 4.79 Å². The van der Waals surface area contributed by atoms with Crippen molar-refractivity contribution < 1.29 is 23.1 Å². The molecule has 1 fully saturated rings. The smallest absolute Gasteiger partial charge is 0.243 e. The van der Waals surface area contributed by atoms with Crippen molar-refractivity contribution in [3.05, 3.63) is 24.3 Å². The lowest BCUT2D eigenvalue weighted by molar-refractivity contribution is -0.305. The first-order valence-corrected chi connectivity index (χ1v) is 8.93. The van der Waals surface area contributed by atoms with Crippen LogP contribution in [0.25, 0.3) is 0 Å². The monoisotopic (exact) mass is 339 g/mol. The Bertz CT molecular complexity index is 664. The zero-order chi connectivity index (χ0) is 16.9. The van der Waals surface area contributed by atoms with Crippen LogP contribution in [0.3, 0.4) is 0 Å². The number of hydrogen-bond acceptors (Lipinski definition) is 5. The number of carbonyl (C=O) groups is 2. The van der Waals surface area contributed by atoms with Gasteiger partial charge in [-0.2, -0.15) is 4.31 Å². The Morgan fingerprint density at radius 3 is 2.22 bits per heavy atom. The van der Waals surface area contributed by atoms with Gasteiger partial charge in [0.1, 0.15) is 0 Å². The molecule has 1 aliphatic rings. The molecule has 1 aromatic carbocycles. The summed E-state index contributed by atoms with van der Waals surface area (Å²) in [4.78, 5) is 22.0. The van der Waals surface area contributed by atoms with Gasteiger partial charge >= 0.3 is 0 Å². The lowest BCUT2D eigenvalue weighted by Gasteiger charge is -2.25. The van der Waals surface area contributed by atoms with Crippen LogP contribution in [0, 0.1) is 0 Å². The average molecular weight is 339 g/mol. The molecule has 2 rings (SSSR count). The Balaban J connectivity index is 2.01. The zero-order valence-electron chi connectivity index (χ0n) is 12.7. The molecule has 0 radical (unpaired) electrons. The summed E-state index contributed by atoms with van der Waals surface area (Å²) in [6.07, 6.45) is 2.24. The summed E-state index contributed by atoms with van der Waals surface area (Å²) in [7, 11) is -3.49. The van der Waals surface area contributed by atoms with Gasteiger partial charge in [0.25, 0.3) is 0 Å². The summed E-state index contributed by atoms with van der Waals surface area (Å²) in [6.45, 7) is 1.06. The van der Waals surface area contributed by atoms with Gasteiger partial charge in [-0.15, -0.1) is 0 Å². The zero-order valence-corrected chi connectivity index (χ0v) is 13.5. The van der Waals surface area contributed by atoms with Crippen LogP contribution in [-0.2, 0) is 19.6 Å². The van der Waals surface area contributed by atoms with Crippen LogP contribution in [0.2, 0.25) is 0 Å². The van der Waals surface area contributed by atoms with Gasteiger partial charge in [0.05, 0.1) is 4.90 Å². The molecule has 23 heavy (non-hydrogen) atoms. The van der Waals surface area contributed by atoms with Crippen molar-refractivity contribution in [3.8, 4) is 0 Å². The number of carboxylic acids is 1. The lowest BCUT2D eigenvalue weighted by atomic mass is 10.2. The molecule has 0 aliphatic carbocycles. The quantitative estimate of drug-likeness (QED) is 0.804. The second kappa shape index (κ2) is 7.56. The fourth-order valence-electron chi connectivity index (χ4n) is 2.40. The molecule has 0 spiro atoms. The molecular formula is C15H19N2O5S-. The Hall–Kier alpha value is -1.93. The van der Waals surface area contributed by atoms with Crippen LogP contribution < -0.4 is 10.4 Å². The van der Waals surface area contributed by atoms with Crippen LogP contribution in [0.1, 0.15) is 32.1 Å². The minimum Gasteiger partial charge on any atom is -0.550 e. The highest BCUT2D eigenvalue weighted by Crippen LogP contribution is 2.22. The SMILES string of the molecule is O=C([O-])CCC(=O)Nc1ccc(S(=O)(=O)N2CCCCC2)cc1. The summed E-state index contributed by atoms with van der Waals surface area (Å²) in [5.41, 5.74) is 0.422. The van der Waals surface area contributed by atoms with E-state index in [1.54, 1.807) is 0 Å². The standard InChI is InChI=1S/C15H20N2O5S/c18-14(8-9-15(19)20)16-12-4-6-13(7-5-12)23(21,22)17-10-2-1-3-11-17/h4-7H,1-3,8-11H2,(H,16,18)(H,19,20)/p-1. The Labute approximate surface area is 135 Å². The first-order chi connectivity index (χ1) is 10.9. The second-order valence-corrected chi connectivity index (χ2v) is 7.35. The van der Waals surface area contributed by atoms with Gasteiger partial charge < -0.3 is 15.2 Å². The first-order valence-electron chi connectivity index (χ1n) is 7.49. The van der Waals surface area contributed by atoms with Gasteiger partial charge in [-0.1, -0.05) is 6.42 Å². The number of nitrogens with one attached hydrogen (secondary N) is 1. The van der Waals surface area contributed by atoms with Crippen molar-refractivity contribution in [2.24, 2.45) is 0 Å². The highest BCUT2D eigenvalue weighted by Gasteiger charge is 2.25. The number of piperidine rings is 1. The van der Waals surface area contributed by atoms with E-state index in [1.807, 2.05) is 0 Å². The summed E-state index contributed by atoms with van der Waals surface area (Å²) in [5, 5.41) is 12.8. The van der Waals surface area contributed by atoms with Crippen LogP contribution in [0.5, 0.6) is 0 Å². The number of benzene rings is 1. The van der Waals surface area contributed by atoms with Crippen molar-refractivity contribution >= 4 is 27.6 Å². The summed E-state index contributed by atoms with van der Waals surface area (Å²) in [6, 6.07) is 5.87. The molecule has 1 heterocycles. The molecule has 0 unspecified atom stereocenters. The molecule has 126 valence electrons. The van der Waals surface area contributed by atoms with Gasteiger partial charge in [-0.05, 0) is 43.5 Å². The largest absolute Gasteiger partial charge is 0.550 e. The first kappa shape index (κ1) is 17.4. The van der Waals surface area contributed by atoms with Crippen LogP contribution in [0.15, 0.2) is 29.2 Å². The van der Waals surface area contributed by atoms with Gasteiger partial charge in [0.15, 0.2) is 0 Å². The minimum atomic E-state index is -3.49. The molecule has 0 bridgehead atoms. The summed E-state index contributed by atoms with van der Waals surface area (Å²) < 4.78 is 26.4. The molecule has 0 aromatic heterocycles. The number of carbonyl (C=O) groups excluding carboxylic acids is 2. The highest BCUT2D eigenvalue weighted by atomic mass is 32.2. The van der Waals surface area contributed by atoms with E-state index in [2.05, 4.69) is 5.32 Å². The van der Waals surface area contributed by atoms with Crippen molar-refractivity contribution in [1.29, 1.82) is 0 Å². The Morgan fingerprint density at radius 1 is 1.04 bits per heavy atom. The number of aliphatic carboxylic acids is 1. The fraction of sp³-hybridized carbons (Fsp3) is 0.467. The minimum absolute atomic E-state index is 0.184. The van der Waals surface area contributed by atoms with Gasteiger partial charge in [0.2, 0.25) is 15.9 Å². The van der Waals surface area contributed by atoms with E-state index in [0.29, 0.717) is 18.8 Å². The van der Waals surface area contributed by atoms with E-state index in [1.165, 1.54) is 28.6 Å². The maximum Gasteiger partial charge on any atom is 0.243 e. The predicted molar refractivity (Wildman–Crippen MR) is 81.9 cm³/mol. The molecule has 1 aromatic rings. The molecule has 0 saturated carbocycles. The van der Waals surface area contributed by atoms with Gasteiger partial charge in [0, 0.05) is 31.2 Å². The lowest BCUT2D eigenvalue weighted by Crippen LogP contribution is -2.35. The molecule has 1 aliphatic heterocycles. The van der Waals surface area contributed by atoms with Crippen molar-refractivity contribution in [2.45, 2.75) is 37.0 Å². The molecule has 0 atom stereocenters. The van der Waals surface area contributed by atoms with Crippen LogP contribution in [0.4, 0.5) is 5.69 Å². The predicted octanol–water partition coefficient (Wildman–Crippen LogP) is 0.330. The third-order valence-corrected chi connectivity index (χ3v) is 5.56. The number of anilines is 1. The molecular weight excluding hydrogens is 320 g/mol. The average Bonchev–Trinajstić information content (AvgIpc) is 2.54. The number of rotatable bonds is 6. The second-order valence-electron chi connectivity index (χ2n) is 5.41. The summed E-state index contributed by atoms with van der Waals surface area (Å²) >= 11 is 0. The normalized spacial score (nSPS) is 16.0. The number of sulfonamides is 1. The number of nitrogens with zero attached hydrogens (tertiary/aromatic N) is 1. The van der Waals surface area contributed by atoms with E-state index in [9.17, 15) is 23.1 Å². The van der Waals surface area contributed by atoms with Crippen LogP contribution in [-0.4, -0.2) is 37.7 Å². The van der Waals surface area contributed by atoms with E-state index < -0.39 is 21.9 Å². The highest BCUT2D eigenvalue weighted by molar-refractivity contribution is 7.89. The number of amides is 1. The number of hydrogen-bond donors (Lipinski definition) is 1. The van der Waals surface area contributed by atoms with Crippen molar-refractivity contribution in [3.63, 3.8) is 0 Å². The van der Waals surface area contributed by atoms with Crippen LogP contribution >= 0.6 is 0 Å². The fourth-order valence-corrected chi connectivity index (χ4v) is 3.92. The third-order valence-electron chi connectivity index (χ3n) is 3.65. The van der Waals surface area contributed by atoms with E-state index >= 15 is 0 Å².